The zero-order valence-electron chi connectivity index (χ0n) is 10.4. The third-order valence-corrected chi connectivity index (χ3v) is 3.87. The lowest BCUT2D eigenvalue weighted by Gasteiger charge is -2.04. The summed E-state index contributed by atoms with van der Waals surface area (Å²) in [7, 11) is 1.84. The maximum absolute atomic E-state index is 6.13. The summed E-state index contributed by atoms with van der Waals surface area (Å²) in [6.07, 6.45) is 0. The molecule has 3 heteroatoms. The number of fused-ring (bicyclic) bond motifs is 5. The Labute approximate surface area is 116 Å². The van der Waals surface area contributed by atoms with Gasteiger partial charge in [-0.3, -0.25) is 4.99 Å². The normalized spacial score (nSPS) is 14.9. The first-order chi connectivity index (χ1) is 9.29. The highest BCUT2D eigenvalue weighted by Gasteiger charge is 2.26. The molecule has 0 saturated heterocycles. The summed E-state index contributed by atoms with van der Waals surface area (Å²) in [6.45, 7) is 0. The largest absolute Gasteiger partial charge is 0.307 e. The minimum absolute atomic E-state index is 0.757. The third-order valence-electron chi connectivity index (χ3n) is 3.63. The summed E-state index contributed by atoms with van der Waals surface area (Å²) >= 11 is 6.13. The van der Waals surface area contributed by atoms with Gasteiger partial charge < -0.3 is 4.57 Å². The number of nitrogens with zero attached hydrogens (tertiary/aromatic N) is 2. The van der Waals surface area contributed by atoms with Gasteiger partial charge in [-0.25, -0.2) is 0 Å². The van der Waals surface area contributed by atoms with Crippen LogP contribution in [0, 0.1) is 0 Å². The molecule has 19 heavy (non-hydrogen) atoms. The minimum Gasteiger partial charge on any atom is -0.307 e. The van der Waals surface area contributed by atoms with Crippen molar-refractivity contribution in [2.24, 2.45) is 4.99 Å². The van der Waals surface area contributed by atoms with Gasteiger partial charge in [-0.1, -0.05) is 35.9 Å². The molecule has 0 saturated carbocycles. The second kappa shape index (κ2) is 3.72. The highest BCUT2D eigenvalue weighted by atomic mass is 35.5. The SMILES string of the molecule is CN=C1c2ccccc2-n2c1cc1ccc(Cl)cc12. The van der Waals surface area contributed by atoms with Crippen LogP contribution in [-0.4, -0.2) is 17.3 Å². The number of benzene rings is 2. The fraction of sp³-hybridized carbons (Fsp3) is 0.0625. The Bertz CT molecular complexity index is 843. The molecule has 0 amide bonds. The van der Waals surface area contributed by atoms with E-state index >= 15 is 0 Å². The number of aliphatic imine (C=N–C) groups is 1. The van der Waals surface area contributed by atoms with E-state index in [2.05, 4.69) is 39.9 Å². The molecule has 0 bridgehead atoms. The second-order valence-corrected chi connectivity index (χ2v) is 5.09. The van der Waals surface area contributed by atoms with Crippen molar-refractivity contribution in [3.8, 4) is 5.69 Å². The molecule has 2 aromatic carbocycles. The van der Waals surface area contributed by atoms with Gasteiger partial charge in [-0.2, -0.15) is 0 Å². The van der Waals surface area contributed by atoms with Crippen LogP contribution in [0.4, 0.5) is 0 Å². The second-order valence-electron chi connectivity index (χ2n) is 4.66. The van der Waals surface area contributed by atoms with Crippen molar-refractivity contribution < 1.29 is 0 Å². The minimum atomic E-state index is 0.757. The Balaban J connectivity index is 2.19. The number of aromatic nitrogens is 1. The smallest absolute Gasteiger partial charge is 0.0904 e. The predicted octanol–water partition coefficient (Wildman–Crippen LogP) is 4.06. The Hall–Kier alpha value is -2.06. The molecule has 0 aliphatic carbocycles. The van der Waals surface area contributed by atoms with E-state index in [0.29, 0.717) is 0 Å². The van der Waals surface area contributed by atoms with Crippen LogP contribution in [-0.2, 0) is 0 Å². The van der Waals surface area contributed by atoms with Crippen molar-refractivity contribution in [1.82, 2.24) is 4.57 Å². The Kier molecular flexibility index (Phi) is 2.12. The van der Waals surface area contributed by atoms with Gasteiger partial charge in [0.1, 0.15) is 0 Å². The Morgan fingerprint density at radius 2 is 1.89 bits per heavy atom. The fourth-order valence-electron chi connectivity index (χ4n) is 2.85. The number of para-hydroxylation sites is 1. The summed E-state index contributed by atoms with van der Waals surface area (Å²) in [5.41, 5.74) is 5.68. The molecule has 3 aromatic rings. The Morgan fingerprint density at radius 1 is 1.05 bits per heavy atom. The third kappa shape index (κ3) is 1.35. The van der Waals surface area contributed by atoms with Crippen LogP contribution in [0.3, 0.4) is 0 Å². The molecule has 1 aliphatic heterocycles. The van der Waals surface area contributed by atoms with Gasteiger partial charge in [0, 0.05) is 23.0 Å². The van der Waals surface area contributed by atoms with Gasteiger partial charge in [-0.15, -0.1) is 0 Å². The monoisotopic (exact) mass is 266 g/mol. The van der Waals surface area contributed by atoms with Crippen LogP contribution in [0.25, 0.3) is 16.6 Å². The summed E-state index contributed by atoms with van der Waals surface area (Å²) in [6, 6.07) is 16.5. The van der Waals surface area contributed by atoms with E-state index in [0.717, 1.165) is 21.9 Å². The highest BCUT2D eigenvalue weighted by Crippen LogP contribution is 2.35. The van der Waals surface area contributed by atoms with Crippen molar-refractivity contribution in [2.75, 3.05) is 7.05 Å². The van der Waals surface area contributed by atoms with Crippen LogP contribution in [0.2, 0.25) is 5.02 Å². The van der Waals surface area contributed by atoms with Crippen LogP contribution in [0.1, 0.15) is 11.3 Å². The number of hydrogen-bond donors (Lipinski definition) is 0. The Morgan fingerprint density at radius 3 is 2.74 bits per heavy atom. The van der Waals surface area contributed by atoms with E-state index in [4.69, 9.17) is 11.6 Å². The van der Waals surface area contributed by atoms with Crippen molar-refractivity contribution >= 4 is 28.2 Å². The molecule has 0 N–H and O–H groups in total. The lowest BCUT2D eigenvalue weighted by molar-refractivity contribution is 1.14. The van der Waals surface area contributed by atoms with Gasteiger partial charge in [0.2, 0.25) is 0 Å². The van der Waals surface area contributed by atoms with Crippen molar-refractivity contribution in [3.63, 3.8) is 0 Å². The first kappa shape index (κ1) is 10.8. The molecule has 0 spiro atoms. The molecule has 0 unspecified atom stereocenters. The summed E-state index contributed by atoms with van der Waals surface area (Å²) < 4.78 is 2.24. The standard InChI is InChI=1S/C16H11ClN2/c1-18-16-12-4-2-3-5-13(12)19-14-9-11(17)7-6-10(14)8-15(16)19/h2-9H,1H3. The molecule has 92 valence electrons. The molecular weight excluding hydrogens is 256 g/mol. The highest BCUT2D eigenvalue weighted by molar-refractivity contribution is 6.31. The van der Waals surface area contributed by atoms with E-state index in [9.17, 15) is 0 Å². The van der Waals surface area contributed by atoms with Crippen molar-refractivity contribution in [2.45, 2.75) is 0 Å². The summed E-state index contributed by atoms with van der Waals surface area (Å²) in [5.74, 6) is 0. The van der Waals surface area contributed by atoms with Crippen molar-refractivity contribution in [1.29, 1.82) is 0 Å². The van der Waals surface area contributed by atoms with Crippen LogP contribution in [0.15, 0.2) is 53.5 Å². The van der Waals surface area contributed by atoms with Crippen LogP contribution >= 0.6 is 11.6 Å². The number of hydrogen-bond acceptors (Lipinski definition) is 1. The van der Waals surface area contributed by atoms with Gasteiger partial charge >= 0.3 is 0 Å². The summed E-state index contributed by atoms with van der Waals surface area (Å²) in [5, 5.41) is 1.95. The summed E-state index contributed by atoms with van der Waals surface area (Å²) in [4.78, 5) is 4.45. The molecule has 0 fully saturated rings. The van der Waals surface area contributed by atoms with E-state index in [1.165, 1.54) is 16.6 Å². The lowest BCUT2D eigenvalue weighted by atomic mass is 10.1. The van der Waals surface area contributed by atoms with Crippen LogP contribution in [0.5, 0.6) is 0 Å². The predicted molar refractivity (Wildman–Crippen MR) is 79.8 cm³/mol. The number of halogens is 1. The molecule has 1 aromatic heterocycles. The van der Waals surface area contributed by atoms with E-state index < -0.39 is 0 Å². The fourth-order valence-corrected chi connectivity index (χ4v) is 3.02. The maximum atomic E-state index is 6.13. The zero-order chi connectivity index (χ0) is 13.0. The zero-order valence-corrected chi connectivity index (χ0v) is 11.1. The first-order valence-corrected chi connectivity index (χ1v) is 6.55. The molecule has 2 nitrogen and oxygen atoms in total. The number of rotatable bonds is 0. The van der Waals surface area contributed by atoms with Gasteiger partial charge in [0.25, 0.3) is 0 Å². The molecular formula is C16H11ClN2. The topological polar surface area (TPSA) is 17.3 Å². The van der Waals surface area contributed by atoms with Crippen molar-refractivity contribution in [3.05, 3.63) is 64.8 Å². The average Bonchev–Trinajstić information content (AvgIpc) is 2.92. The van der Waals surface area contributed by atoms with E-state index in [-0.39, 0.29) is 0 Å². The molecule has 2 heterocycles. The molecule has 0 atom stereocenters. The van der Waals surface area contributed by atoms with E-state index in [1.54, 1.807) is 0 Å². The lowest BCUT2D eigenvalue weighted by Crippen LogP contribution is -1.97. The van der Waals surface area contributed by atoms with Gasteiger partial charge in [0.05, 0.1) is 22.6 Å². The van der Waals surface area contributed by atoms with E-state index in [1.807, 2.05) is 25.2 Å². The van der Waals surface area contributed by atoms with Crippen LogP contribution < -0.4 is 0 Å². The maximum Gasteiger partial charge on any atom is 0.0904 e. The van der Waals surface area contributed by atoms with Gasteiger partial charge in [0.15, 0.2) is 0 Å². The molecule has 0 radical (unpaired) electrons. The molecule has 4 rings (SSSR count). The van der Waals surface area contributed by atoms with Gasteiger partial charge in [-0.05, 0) is 24.3 Å². The average molecular weight is 267 g/mol. The quantitative estimate of drug-likeness (QED) is 0.457. The first-order valence-electron chi connectivity index (χ1n) is 6.17. The molecule has 1 aliphatic rings.